The first kappa shape index (κ1) is 20.6. The average molecular weight is 380 g/mol. The first-order valence-electron chi connectivity index (χ1n) is 8.82. The van der Waals surface area contributed by atoms with Crippen molar-refractivity contribution in [2.75, 3.05) is 13.2 Å². The van der Waals surface area contributed by atoms with Crippen LogP contribution in [-0.2, 0) is 22.0 Å². The van der Waals surface area contributed by atoms with Crippen molar-refractivity contribution in [3.05, 3.63) is 47.8 Å². The molecule has 2 aromatic rings. The molecule has 1 aromatic carbocycles. The second-order valence-corrected chi connectivity index (χ2v) is 9.57. The number of nitrogens with zero attached hydrogens (tertiary/aromatic N) is 3. The molecule has 0 fully saturated rings. The molecule has 0 radical (unpaired) electrons. The van der Waals surface area contributed by atoms with Crippen LogP contribution in [0.4, 0.5) is 0 Å². The monoisotopic (exact) mass is 379 g/mol. The van der Waals surface area contributed by atoms with Crippen molar-refractivity contribution >= 4 is 10.0 Å². The number of hydrogen-bond acceptors (Lipinski definition) is 4. The molecule has 1 N–H and O–H groups in total. The summed E-state index contributed by atoms with van der Waals surface area (Å²) in [5.74, 6) is 0. The summed E-state index contributed by atoms with van der Waals surface area (Å²) in [4.78, 5) is 0.211. The Morgan fingerprint density at radius 2 is 1.81 bits per heavy atom. The van der Waals surface area contributed by atoms with Gasteiger partial charge in [-0.1, -0.05) is 51.1 Å². The fraction of sp³-hybridized carbons (Fsp3) is 0.526. The average Bonchev–Trinajstić information content (AvgIpc) is 2.98. The van der Waals surface area contributed by atoms with E-state index in [0.29, 0.717) is 12.2 Å². The molecular formula is C19H29N3O3S. The Morgan fingerprint density at radius 3 is 2.31 bits per heavy atom. The van der Waals surface area contributed by atoms with Gasteiger partial charge in [0, 0.05) is 24.2 Å². The summed E-state index contributed by atoms with van der Waals surface area (Å²) < 4.78 is 29.5. The number of hydrogen-bond donors (Lipinski definition) is 1. The third-order valence-electron chi connectivity index (χ3n) is 4.11. The molecule has 144 valence electrons. The van der Waals surface area contributed by atoms with E-state index in [-0.39, 0.29) is 24.1 Å². The molecule has 0 unspecified atom stereocenters. The van der Waals surface area contributed by atoms with E-state index < -0.39 is 15.4 Å². The van der Waals surface area contributed by atoms with Gasteiger partial charge in [-0.05, 0) is 19.4 Å². The third-order valence-corrected chi connectivity index (χ3v) is 6.19. The van der Waals surface area contributed by atoms with Crippen LogP contribution in [0.2, 0.25) is 0 Å². The molecular weight excluding hydrogens is 350 g/mol. The highest BCUT2D eigenvalue weighted by molar-refractivity contribution is 7.89. The number of aromatic nitrogens is 2. The summed E-state index contributed by atoms with van der Waals surface area (Å²) >= 11 is 0. The zero-order valence-electron chi connectivity index (χ0n) is 16.2. The molecule has 6 nitrogen and oxygen atoms in total. The molecule has 2 rings (SSSR count). The summed E-state index contributed by atoms with van der Waals surface area (Å²) in [6, 6.07) is 9.56. The first-order valence-corrected chi connectivity index (χ1v) is 10.3. The van der Waals surface area contributed by atoms with E-state index in [2.05, 4.69) is 5.10 Å². The maximum absolute atomic E-state index is 13.3. The van der Waals surface area contributed by atoms with Gasteiger partial charge in [0.25, 0.3) is 0 Å². The van der Waals surface area contributed by atoms with E-state index in [1.165, 1.54) is 4.31 Å². The molecule has 0 amide bonds. The lowest BCUT2D eigenvalue weighted by molar-refractivity contribution is 0.236. The molecule has 26 heavy (non-hydrogen) atoms. The lowest BCUT2D eigenvalue weighted by Gasteiger charge is -2.26. The topological polar surface area (TPSA) is 75.4 Å². The Morgan fingerprint density at radius 1 is 1.19 bits per heavy atom. The molecule has 1 aromatic heterocycles. The summed E-state index contributed by atoms with van der Waals surface area (Å²) in [5.41, 5.74) is 1.17. The van der Waals surface area contributed by atoms with Gasteiger partial charge < -0.3 is 5.11 Å². The van der Waals surface area contributed by atoms with Crippen LogP contribution in [0.25, 0.3) is 0 Å². The van der Waals surface area contributed by atoms with Crippen molar-refractivity contribution in [1.82, 2.24) is 14.1 Å². The molecule has 0 aliphatic heterocycles. The van der Waals surface area contributed by atoms with Gasteiger partial charge in [-0.15, -0.1) is 0 Å². The van der Waals surface area contributed by atoms with Gasteiger partial charge in [0.2, 0.25) is 10.0 Å². The normalized spacial score (nSPS) is 12.9. The highest BCUT2D eigenvalue weighted by Gasteiger charge is 2.34. The fourth-order valence-corrected chi connectivity index (χ4v) is 4.82. The summed E-state index contributed by atoms with van der Waals surface area (Å²) in [6.45, 7) is 9.80. The lowest BCUT2D eigenvalue weighted by atomic mass is 9.92. The van der Waals surface area contributed by atoms with Gasteiger partial charge in [-0.2, -0.15) is 9.40 Å². The second kappa shape index (κ2) is 7.90. The molecule has 0 spiro atoms. The van der Waals surface area contributed by atoms with Crippen molar-refractivity contribution in [2.45, 2.75) is 57.5 Å². The van der Waals surface area contributed by atoms with E-state index in [1.807, 2.05) is 51.1 Å². The van der Waals surface area contributed by atoms with Crippen LogP contribution in [0.15, 0.2) is 41.4 Å². The van der Waals surface area contributed by atoms with Crippen molar-refractivity contribution in [3.63, 3.8) is 0 Å². The summed E-state index contributed by atoms with van der Waals surface area (Å²) in [6.07, 6.45) is 1.61. The van der Waals surface area contributed by atoms with Crippen molar-refractivity contribution < 1.29 is 13.5 Å². The van der Waals surface area contributed by atoms with Crippen molar-refractivity contribution in [1.29, 1.82) is 0 Å². The number of benzene rings is 1. The van der Waals surface area contributed by atoms with Crippen LogP contribution in [0.5, 0.6) is 0 Å². The van der Waals surface area contributed by atoms with Gasteiger partial charge >= 0.3 is 0 Å². The standard InChI is InChI=1S/C19H29N3O3S/c1-15(2)22(11-12-23)26(24,25)17-14-21(20-18(17)19(3,4)5)13-16-9-7-6-8-10-16/h6-10,14-15,23H,11-13H2,1-5H3. The zero-order valence-corrected chi connectivity index (χ0v) is 17.0. The van der Waals surface area contributed by atoms with Crippen LogP contribution in [0, 0.1) is 0 Å². The van der Waals surface area contributed by atoms with Gasteiger partial charge in [0.05, 0.1) is 18.8 Å². The largest absolute Gasteiger partial charge is 0.395 e. The summed E-state index contributed by atoms with van der Waals surface area (Å²) in [5, 5.41) is 13.9. The fourth-order valence-electron chi connectivity index (χ4n) is 2.84. The molecule has 0 atom stereocenters. The van der Waals surface area contributed by atoms with Crippen LogP contribution in [0.1, 0.15) is 45.9 Å². The molecule has 0 saturated carbocycles. The van der Waals surface area contributed by atoms with Crippen LogP contribution in [-0.4, -0.2) is 46.8 Å². The van der Waals surface area contributed by atoms with Crippen molar-refractivity contribution in [3.8, 4) is 0 Å². The molecule has 1 heterocycles. The molecule has 7 heteroatoms. The Labute approximate surface area is 156 Å². The SMILES string of the molecule is CC(C)N(CCO)S(=O)(=O)c1cn(Cc2ccccc2)nc1C(C)(C)C. The van der Waals surface area contributed by atoms with Gasteiger partial charge in [-0.3, -0.25) is 4.68 Å². The predicted molar refractivity (Wildman–Crippen MR) is 103 cm³/mol. The molecule has 0 bridgehead atoms. The second-order valence-electron chi connectivity index (χ2n) is 7.71. The Kier molecular flexibility index (Phi) is 6.26. The van der Waals surface area contributed by atoms with E-state index in [0.717, 1.165) is 5.56 Å². The minimum atomic E-state index is -3.76. The van der Waals surface area contributed by atoms with Crippen molar-refractivity contribution in [2.24, 2.45) is 0 Å². The van der Waals surface area contributed by atoms with E-state index in [9.17, 15) is 13.5 Å². The predicted octanol–water partition coefficient (Wildman–Crippen LogP) is 2.62. The van der Waals surface area contributed by atoms with Gasteiger partial charge in [0.1, 0.15) is 4.90 Å². The quantitative estimate of drug-likeness (QED) is 0.802. The zero-order chi connectivity index (χ0) is 19.5. The summed E-state index contributed by atoms with van der Waals surface area (Å²) in [7, 11) is -3.76. The highest BCUT2D eigenvalue weighted by Crippen LogP contribution is 2.30. The van der Waals surface area contributed by atoms with E-state index in [1.54, 1.807) is 24.7 Å². The Hall–Kier alpha value is -1.70. The Bertz CT molecular complexity index is 821. The molecule has 0 aliphatic carbocycles. The number of rotatable bonds is 7. The van der Waals surface area contributed by atoms with Crippen LogP contribution in [0.3, 0.4) is 0 Å². The molecule has 0 saturated heterocycles. The van der Waals surface area contributed by atoms with Crippen LogP contribution < -0.4 is 0 Å². The van der Waals surface area contributed by atoms with Gasteiger partial charge in [-0.25, -0.2) is 8.42 Å². The van der Waals surface area contributed by atoms with Crippen LogP contribution >= 0.6 is 0 Å². The Balaban J connectivity index is 2.52. The maximum Gasteiger partial charge on any atom is 0.246 e. The number of aliphatic hydroxyl groups excluding tert-OH is 1. The number of aliphatic hydroxyl groups is 1. The first-order chi connectivity index (χ1) is 12.1. The van der Waals surface area contributed by atoms with Gasteiger partial charge in [0.15, 0.2) is 0 Å². The minimum Gasteiger partial charge on any atom is -0.395 e. The lowest BCUT2D eigenvalue weighted by Crippen LogP contribution is -2.39. The minimum absolute atomic E-state index is 0.0629. The van der Waals surface area contributed by atoms with E-state index >= 15 is 0 Å². The number of sulfonamides is 1. The van der Waals surface area contributed by atoms with E-state index in [4.69, 9.17) is 0 Å². The highest BCUT2D eigenvalue weighted by atomic mass is 32.2. The molecule has 0 aliphatic rings. The smallest absolute Gasteiger partial charge is 0.246 e. The maximum atomic E-state index is 13.3. The third kappa shape index (κ3) is 4.52.